The molecule has 0 bridgehead atoms. The van der Waals surface area contributed by atoms with Gasteiger partial charge < -0.3 is 15.4 Å². The summed E-state index contributed by atoms with van der Waals surface area (Å²) >= 11 is 3.46. The van der Waals surface area contributed by atoms with Gasteiger partial charge in [-0.1, -0.05) is 34.1 Å². The van der Waals surface area contributed by atoms with Gasteiger partial charge in [-0.25, -0.2) is 0 Å². The van der Waals surface area contributed by atoms with Gasteiger partial charge in [0.2, 0.25) is 5.91 Å². The second kappa shape index (κ2) is 8.49. The molecule has 0 heterocycles. The van der Waals surface area contributed by atoms with Crippen LogP contribution in [0.15, 0.2) is 53.0 Å². The van der Waals surface area contributed by atoms with Crippen LogP contribution in [0.4, 0.5) is 0 Å². The quantitative estimate of drug-likeness (QED) is 0.796. The molecular formula is C18H19BrN2O3. The Bertz CT molecular complexity index is 716. The zero-order valence-electron chi connectivity index (χ0n) is 13.5. The summed E-state index contributed by atoms with van der Waals surface area (Å²) in [6.45, 7) is 1.81. The van der Waals surface area contributed by atoms with Crippen molar-refractivity contribution in [1.82, 2.24) is 10.6 Å². The van der Waals surface area contributed by atoms with Crippen LogP contribution in [0.25, 0.3) is 0 Å². The normalized spacial score (nSPS) is 11.5. The van der Waals surface area contributed by atoms with Gasteiger partial charge in [0.05, 0.1) is 19.7 Å². The van der Waals surface area contributed by atoms with Crippen molar-refractivity contribution in [3.8, 4) is 5.75 Å². The van der Waals surface area contributed by atoms with Gasteiger partial charge in [-0.15, -0.1) is 0 Å². The lowest BCUT2D eigenvalue weighted by Crippen LogP contribution is -2.38. The Morgan fingerprint density at radius 2 is 1.79 bits per heavy atom. The molecule has 0 radical (unpaired) electrons. The molecule has 0 spiro atoms. The first kappa shape index (κ1) is 18.0. The summed E-state index contributed by atoms with van der Waals surface area (Å²) in [6.07, 6.45) is 0. The predicted octanol–water partition coefficient (Wildman–Crippen LogP) is 3.06. The molecule has 2 rings (SSSR count). The lowest BCUT2D eigenvalue weighted by atomic mass is 10.1. The van der Waals surface area contributed by atoms with Crippen molar-refractivity contribution in [3.63, 3.8) is 0 Å². The second-order valence-corrected chi connectivity index (χ2v) is 6.08. The van der Waals surface area contributed by atoms with Gasteiger partial charge in [0, 0.05) is 10.0 Å². The van der Waals surface area contributed by atoms with E-state index in [1.54, 1.807) is 31.4 Å². The topological polar surface area (TPSA) is 67.4 Å². The molecule has 2 aromatic carbocycles. The highest BCUT2D eigenvalue weighted by atomic mass is 79.9. The molecule has 2 amide bonds. The first-order valence-electron chi connectivity index (χ1n) is 7.47. The molecule has 126 valence electrons. The van der Waals surface area contributed by atoms with Crippen molar-refractivity contribution in [2.24, 2.45) is 0 Å². The molecule has 2 N–H and O–H groups in total. The van der Waals surface area contributed by atoms with E-state index in [2.05, 4.69) is 26.6 Å². The van der Waals surface area contributed by atoms with Gasteiger partial charge in [-0.2, -0.15) is 0 Å². The van der Waals surface area contributed by atoms with Crippen LogP contribution in [-0.2, 0) is 4.79 Å². The van der Waals surface area contributed by atoms with Gasteiger partial charge in [-0.3, -0.25) is 9.59 Å². The van der Waals surface area contributed by atoms with Crippen molar-refractivity contribution in [2.45, 2.75) is 13.0 Å². The third-order valence-electron chi connectivity index (χ3n) is 3.51. The minimum atomic E-state index is -0.304. The number of halogens is 1. The molecule has 0 aliphatic carbocycles. The Balaban J connectivity index is 1.86. The van der Waals surface area contributed by atoms with Crippen LogP contribution in [-0.4, -0.2) is 25.5 Å². The van der Waals surface area contributed by atoms with E-state index in [-0.39, 0.29) is 24.4 Å². The number of nitrogens with one attached hydrogen (secondary N) is 2. The van der Waals surface area contributed by atoms with E-state index in [9.17, 15) is 9.59 Å². The number of hydrogen-bond donors (Lipinski definition) is 2. The summed E-state index contributed by atoms with van der Waals surface area (Å²) in [5, 5.41) is 5.46. The summed E-state index contributed by atoms with van der Waals surface area (Å²) in [5.41, 5.74) is 1.45. The van der Waals surface area contributed by atoms with E-state index in [0.29, 0.717) is 11.3 Å². The van der Waals surface area contributed by atoms with E-state index in [4.69, 9.17) is 4.74 Å². The van der Waals surface area contributed by atoms with E-state index >= 15 is 0 Å². The second-order valence-electron chi connectivity index (χ2n) is 5.22. The Morgan fingerprint density at radius 1 is 1.12 bits per heavy atom. The number of hydrogen-bond acceptors (Lipinski definition) is 3. The number of ether oxygens (including phenoxy) is 1. The first-order chi connectivity index (χ1) is 11.5. The number of carbonyl (C=O) groups excluding carboxylic acids is 2. The molecule has 0 aliphatic rings. The molecule has 0 aliphatic heterocycles. The monoisotopic (exact) mass is 390 g/mol. The number of amides is 2. The van der Waals surface area contributed by atoms with E-state index in [1.165, 1.54) is 0 Å². The molecule has 0 unspecified atom stereocenters. The summed E-state index contributed by atoms with van der Waals surface area (Å²) in [5.74, 6) is 0.119. The number of carbonyl (C=O) groups is 2. The standard InChI is InChI=1S/C18H19BrN2O3/c1-12(15-5-3-4-6-16(15)19)21-17(22)11-20-18(23)13-7-9-14(24-2)10-8-13/h3-10,12H,11H2,1-2H3,(H,20,23)(H,21,22)/t12-/m1/s1. The van der Waals surface area contributed by atoms with Crippen LogP contribution in [0.5, 0.6) is 5.75 Å². The SMILES string of the molecule is COc1ccc(C(=O)NCC(=O)N[C@H](C)c2ccccc2Br)cc1. The lowest BCUT2D eigenvalue weighted by Gasteiger charge is -2.16. The van der Waals surface area contributed by atoms with Crippen LogP contribution in [0, 0.1) is 0 Å². The number of benzene rings is 2. The maximum atomic E-state index is 12.0. The fourth-order valence-electron chi connectivity index (χ4n) is 2.20. The Labute approximate surface area is 149 Å². The summed E-state index contributed by atoms with van der Waals surface area (Å²) in [4.78, 5) is 24.0. The molecule has 0 fully saturated rings. The van der Waals surface area contributed by atoms with Crippen LogP contribution in [0.3, 0.4) is 0 Å². The molecule has 5 nitrogen and oxygen atoms in total. The van der Waals surface area contributed by atoms with Crippen molar-refractivity contribution in [3.05, 3.63) is 64.1 Å². The molecule has 0 saturated heterocycles. The van der Waals surface area contributed by atoms with Crippen LogP contribution >= 0.6 is 15.9 Å². The summed E-state index contributed by atoms with van der Waals surface area (Å²) in [7, 11) is 1.56. The largest absolute Gasteiger partial charge is 0.497 e. The zero-order chi connectivity index (χ0) is 17.5. The molecule has 6 heteroatoms. The first-order valence-corrected chi connectivity index (χ1v) is 8.26. The van der Waals surface area contributed by atoms with Crippen molar-refractivity contribution >= 4 is 27.7 Å². The van der Waals surface area contributed by atoms with Crippen LogP contribution < -0.4 is 15.4 Å². The molecule has 24 heavy (non-hydrogen) atoms. The van der Waals surface area contributed by atoms with Gasteiger partial charge in [0.1, 0.15) is 5.75 Å². The lowest BCUT2D eigenvalue weighted by molar-refractivity contribution is -0.120. The van der Waals surface area contributed by atoms with Crippen molar-refractivity contribution in [1.29, 1.82) is 0 Å². The molecule has 0 saturated carbocycles. The maximum Gasteiger partial charge on any atom is 0.251 e. The molecule has 1 atom stereocenters. The Kier molecular flexibility index (Phi) is 6.37. The number of rotatable bonds is 6. The van der Waals surface area contributed by atoms with Gasteiger partial charge in [-0.05, 0) is 42.8 Å². The minimum absolute atomic E-state index is 0.0837. The van der Waals surface area contributed by atoms with Crippen molar-refractivity contribution < 1.29 is 14.3 Å². The van der Waals surface area contributed by atoms with Crippen molar-refractivity contribution in [2.75, 3.05) is 13.7 Å². The molecule has 0 aromatic heterocycles. The van der Waals surface area contributed by atoms with Gasteiger partial charge in [0.15, 0.2) is 0 Å². The van der Waals surface area contributed by atoms with E-state index in [1.807, 2.05) is 31.2 Å². The van der Waals surface area contributed by atoms with Gasteiger partial charge in [0.25, 0.3) is 5.91 Å². The average molecular weight is 391 g/mol. The average Bonchev–Trinajstić information content (AvgIpc) is 2.60. The Morgan fingerprint density at radius 3 is 2.42 bits per heavy atom. The van der Waals surface area contributed by atoms with E-state index in [0.717, 1.165) is 10.0 Å². The third-order valence-corrected chi connectivity index (χ3v) is 4.23. The minimum Gasteiger partial charge on any atom is -0.497 e. The molecular weight excluding hydrogens is 372 g/mol. The highest BCUT2D eigenvalue weighted by Gasteiger charge is 2.13. The van der Waals surface area contributed by atoms with Crippen LogP contribution in [0.2, 0.25) is 0 Å². The molecule has 2 aromatic rings. The predicted molar refractivity (Wildman–Crippen MR) is 96.0 cm³/mol. The van der Waals surface area contributed by atoms with Crippen LogP contribution in [0.1, 0.15) is 28.9 Å². The highest BCUT2D eigenvalue weighted by molar-refractivity contribution is 9.10. The fraction of sp³-hybridized carbons (Fsp3) is 0.222. The van der Waals surface area contributed by atoms with E-state index < -0.39 is 0 Å². The maximum absolute atomic E-state index is 12.0. The fourth-order valence-corrected chi connectivity index (χ4v) is 2.83. The summed E-state index contributed by atoms with van der Waals surface area (Å²) < 4.78 is 5.97. The third kappa shape index (κ3) is 4.83. The highest BCUT2D eigenvalue weighted by Crippen LogP contribution is 2.22. The Hall–Kier alpha value is -2.34. The smallest absolute Gasteiger partial charge is 0.251 e. The number of methoxy groups -OCH3 is 1. The zero-order valence-corrected chi connectivity index (χ0v) is 15.1. The summed E-state index contributed by atoms with van der Waals surface area (Å²) in [6, 6.07) is 14.2. The van der Waals surface area contributed by atoms with Gasteiger partial charge >= 0.3 is 0 Å².